The van der Waals surface area contributed by atoms with Crippen LogP contribution in [0.25, 0.3) is 16.9 Å². The highest BCUT2D eigenvalue weighted by atomic mass is 16.5. The number of ether oxygens (including phenoxy) is 1. The number of rotatable bonds is 2. The third-order valence-corrected chi connectivity index (χ3v) is 3.00. The Kier molecular flexibility index (Phi) is 2.66. The molecule has 0 atom stereocenters. The molecule has 0 N–H and O–H groups in total. The molecular formula is C15H11N3O. The van der Waals surface area contributed by atoms with E-state index in [4.69, 9.17) is 4.74 Å². The molecule has 0 saturated heterocycles. The molecule has 4 nitrogen and oxygen atoms in total. The van der Waals surface area contributed by atoms with Crippen molar-refractivity contribution < 1.29 is 4.74 Å². The highest BCUT2D eigenvalue weighted by molar-refractivity contribution is 5.69. The standard InChI is InChI=1S/C15H11N3O/c1-19-12-7-5-11(6-8-12)15-13(10-16)18-9-3-2-4-14(18)17-15/h2-9H,1H3. The fourth-order valence-electron chi connectivity index (χ4n) is 2.05. The van der Waals surface area contributed by atoms with Crippen LogP contribution < -0.4 is 4.74 Å². The van der Waals surface area contributed by atoms with Crippen LogP contribution in [-0.2, 0) is 0 Å². The number of benzene rings is 1. The minimum Gasteiger partial charge on any atom is -0.497 e. The fraction of sp³-hybridized carbons (Fsp3) is 0.0667. The lowest BCUT2D eigenvalue weighted by atomic mass is 10.1. The quantitative estimate of drug-likeness (QED) is 0.701. The second kappa shape index (κ2) is 4.46. The van der Waals surface area contributed by atoms with Crippen molar-refractivity contribution in [3.05, 3.63) is 54.4 Å². The van der Waals surface area contributed by atoms with Gasteiger partial charge in [0.1, 0.15) is 23.2 Å². The van der Waals surface area contributed by atoms with Crippen LogP contribution in [0.1, 0.15) is 5.69 Å². The summed E-state index contributed by atoms with van der Waals surface area (Å²) >= 11 is 0. The van der Waals surface area contributed by atoms with Crippen LogP contribution >= 0.6 is 0 Å². The van der Waals surface area contributed by atoms with Crippen LogP contribution in [0.2, 0.25) is 0 Å². The van der Waals surface area contributed by atoms with Crippen molar-refractivity contribution in [2.75, 3.05) is 7.11 Å². The van der Waals surface area contributed by atoms with E-state index in [9.17, 15) is 5.26 Å². The van der Waals surface area contributed by atoms with E-state index in [2.05, 4.69) is 11.1 Å². The molecule has 0 amide bonds. The van der Waals surface area contributed by atoms with E-state index in [1.807, 2.05) is 48.7 Å². The predicted molar refractivity (Wildman–Crippen MR) is 71.9 cm³/mol. The van der Waals surface area contributed by atoms with Crippen molar-refractivity contribution >= 4 is 5.65 Å². The number of pyridine rings is 1. The normalized spacial score (nSPS) is 10.3. The van der Waals surface area contributed by atoms with Gasteiger partial charge in [-0.2, -0.15) is 5.26 Å². The second-order valence-electron chi connectivity index (χ2n) is 4.08. The highest BCUT2D eigenvalue weighted by Gasteiger charge is 2.13. The van der Waals surface area contributed by atoms with E-state index < -0.39 is 0 Å². The van der Waals surface area contributed by atoms with Crippen molar-refractivity contribution in [2.45, 2.75) is 0 Å². The number of methoxy groups -OCH3 is 1. The van der Waals surface area contributed by atoms with Gasteiger partial charge in [0.15, 0.2) is 5.69 Å². The highest BCUT2D eigenvalue weighted by Crippen LogP contribution is 2.25. The van der Waals surface area contributed by atoms with Crippen LogP contribution in [-0.4, -0.2) is 16.5 Å². The summed E-state index contributed by atoms with van der Waals surface area (Å²) in [5, 5.41) is 9.33. The maximum Gasteiger partial charge on any atom is 0.152 e. The van der Waals surface area contributed by atoms with Crippen molar-refractivity contribution in [1.82, 2.24) is 9.38 Å². The second-order valence-corrected chi connectivity index (χ2v) is 4.08. The molecule has 19 heavy (non-hydrogen) atoms. The van der Waals surface area contributed by atoms with E-state index in [1.165, 1.54) is 0 Å². The number of nitriles is 1. The molecule has 0 radical (unpaired) electrons. The maximum atomic E-state index is 9.33. The molecule has 1 aromatic carbocycles. The largest absolute Gasteiger partial charge is 0.497 e. The summed E-state index contributed by atoms with van der Waals surface area (Å²) < 4.78 is 6.92. The lowest BCUT2D eigenvalue weighted by molar-refractivity contribution is 0.415. The van der Waals surface area contributed by atoms with Crippen LogP contribution in [0.3, 0.4) is 0 Å². The SMILES string of the molecule is COc1ccc(-c2nc3ccccn3c2C#N)cc1. The minimum absolute atomic E-state index is 0.542. The van der Waals surface area contributed by atoms with Gasteiger partial charge in [-0.25, -0.2) is 4.98 Å². The first kappa shape index (κ1) is 11.3. The molecule has 0 unspecified atom stereocenters. The Morgan fingerprint density at radius 2 is 1.95 bits per heavy atom. The van der Waals surface area contributed by atoms with E-state index in [-0.39, 0.29) is 0 Å². The third-order valence-electron chi connectivity index (χ3n) is 3.00. The molecule has 3 aromatic rings. The Morgan fingerprint density at radius 1 is 1.16 bits per heavy atom. The molecule has 0 saturated carbocycles. The van der Waals surface area contributed by atoms with Gasteiger partial charge in [-0.1, -0.05) is 6.07 Å². The van der Waals surface area contributed by atoms with Crippen molar-refractivity contribution in [1.29, 1.82) is 5.26 Å². The number of nitrogens with zero attached hydrogens (tertiary/aromatic N) is 3. The molecule has 4 heteroatoms. The summed E-state index contributed by atoms with van der Waals surface area (Å²) in [4.78, 5) is 4.51. The minimum atomic E-state index is 0.542. The summed E-state index contributed by atoms with van der Waals surface area (Å²) in [6.07, 6.45) is 1.84. The van der Waals surface area contributed by atoms with Crippen LogP contribution in [0.5, 0.6) is 5.75 Å². The van der Waals surface area contributed by atoms with Gasteiger partial charge >= 0.3 is 0 Å². The maximum absolute atomic E-state index is 9.33. The number of fused-ring (bicyclic) bond motifs is 1. The van der Waals surface area contributed by atoms with E-state index in [0.717, 1.165) is 17.0 Å². The molecule has 0 aliphatic heterocycles. The third kappa shape index (κ3) is 1.81. The Balaban J connectivity index is 2.21. The van der Waals surface area contributed by atoms with Gasteiger partial charge in [0.25, 0.3) is 0 Å². The average molecular weight is 249 g/mol. The topological polar surface area (TPSA) is 50.3 Å². The smallest absolute Gasteiger partial charge is 0.152 e. The lowest BCUT2D eigenvalue weighted by Crippen LogP contribution is -1.88. The van der Waals surface area contributed by atoms with Gasteiger partial charge < -0.3 is 4.74 Å². The molecule has 0 aliphatic carbocycles. The Bertz CT molecular complexity index is 766. The summed E-state index contributed by atoms with van der Waals surface area (Å²) in [5.41, 5.74) is 2.91. The zero-order valence-corrected chi connectivity index (χ0v) is 10.4. The molecule has 0 fully saturated rings. The Hall–Kier alpha value is -2.80. The fourth-order valence-corrected chi connectivity index (χ4v) is 2.05. The first-order chi connectivity index (χ1) is 9.33. The average Bonchev–Trinajstić information content (AvgIpc) is 2.85. The molecule has 2 aromatic heterocycles. The number of aromatic nitrogens is 2. The van der Waals surface area contributed by atoms with Gasteiger partial charge in [0, 0.05) is 11.8 Å². The van der Waals surface area contributed by atoms with Crippen LogP contribution in [0.15, 0.2) is 48.7 Å². The van der Waals surface area contributed by atoms with Gasteiger partial charge in [-0.3, -0.25) is 4.40 Å². The van der Waals surface area contributed by atoms with Crippen molar-refractivity contribution in [3.63, 3.8) is 0 Å². The van der Waals surface area contributed by atoms with Gasteiger partial charge in [0.2, 0.25) is 0 Å². The summed E-state index contributed by atoms with van der Waals surface area (Å²) in [6.45, 7) is 0. The van der Waals surface area contributed by atoms with Crippen LogP contribution in [0, 0.1) is 11.3 Å². The number of imidazole rings is 1. The van der Waals surface area contributed by atoms with Gasteiger partial charge in [0.05, 0.1) is 7.11 Å². The summed E-state index contributed by atoms with van der Waals surface area (Å²) in [6, 6.07) is 15.4. The lowest BCUT2D eigenvalue weighted by Gasteiger charge is -2.01. The van der Waals surface area contributed by atoms with E-state index in [1.54, 1.807) is 11.5 Å². The van der Waals surface area contributed by atoms with Crippen molar-refractivity contribution in [3.8, 4) is 23.1 Å². The number of hydrogen-bond acceptors (Lipinski definition) is 3. The molecule has 0 aliphatic rings. The van der Waals surface area contributed by atoms with Gasteiger partial charge in [-0.05, 0) is 36.4 Å². The van der Waals surface area contributed by atoms with E-state index >= 15 is 0 Å². The Labute approximate surface area is 110 Å². The molecule has 0 spiro atoms. The summed E-state index contributed by atoms with van der Waals surface area (Å²) in [5.74, 6) is 0.783. The zero-order chi connectivity index (χ0) is 13.2. The Morgan fingerprint density at radius 3 is 2.63 bits per heavy atom. The molecule has 92 valence electrons. The monoisotopic (exact) mass is 249 g/mol. The molecule has 0 bridgehead atoms. The zero-order valence-electron chi connectivity index (χ0n) is 10.4. The molecular weight excluding hydrogens is 238 g/mol. The van der Waals surface area contributed by atoms with Crippen LogP contribution in [0.4, 0.5) is 0 Å². The first-order valence-corrected chi connectivity index (χ1v) is 5.85. The predicted octanol–water partition coefficient (Wildman–Crippen LogP) is 2.88. The molecule has 3 rings (SSSR count). The van der Waals surface area contributed by atoms with Gasteiger partial charge in [-0.15, -0.1) is 0 Å². The first-order valence-electron chi connectivity index (χ1n) is 5.85. The molecule has 2 heterocycles. The van der Waals surface area contributed by atoms with Crippen molar-refractivity contribution in [2.24, 2.45) is 0 Å². The van der Waals surface area contributed by atoms with E-state index in [0.29, 0.717) is 11.4 Å². The summed E-state index contributed by atoms with van der Waals surface area (Å²) in [7, 11) is 1.63. The number of hydrogen-bond donors (Lipinski definition) is 0.